The lowest BCUT2D eigenvalue weighted by Gasteiger charge is -2.29. The topological polar surface area (TPSA) is 102 Å². The summed E-state index contributed by atoms with van der Waals surface area (Å²) >= 11 is 0. The predicted molar refractivity (Wildman–Crippen MR) is 124 cm³/mol. The van der Waals surface area contributed by atoms with Gasteiger partial charge in [-0.25, -0.2) is 4.98 Å². The van der Waals surface area contributed by atoms with Gasteiger partial charge in [0.05, 0.1) is 11.2 Å². The highest BCUT2D eigenvalue weighted by molar-refractivity contribution is 6.05. The fraction of sp³-hybridized carbons (Fsp3) is 0.240. The van der Waals surface area contributed by atoms with Crippen LogP contribution in [-0.4, -0.2) is 48.0 Å². The molecule has 6 rings (SSSR count). The number of nitrogens with one attached hydrogen (secondary N) is 1. The standard InChI is InChI=1S/C25H22N6O3/c1-29-13-20(26-23(29)15-4-6-19-17(10-15)11-30(2)28-19)14-3-5-18-16(9-14)12-31(25(18)34)21-7-8-22(32)27-24(21)33/h3-6,9-11,13,21H,7-8,12H2,1-2H3,(H,27,32,33). The van der Waals surface area contributed by atoms with Gasteiger partial charge < -0.3 is 9.47 Å². The quantitative estimate of drug-likeness (QED) is 0.479. The number of nitrogens with zero attached hydrogens (tertiary/aromatic N) is 5. The molecule has 1 N–H and O–H groups in total. The molecule has 2 aromatic carbocycles. The number of aryl methyl sites for hydroxylation is 2. The number of carbonyl (C=O) groups excluding carboxylic acids is 3. The van der Waals surface area contributed by atoms with E-state index in [2.05, 4.69) is 16.5 Å². The number of rotatable bonds is 3. The van der Waals surface area contributed by atoms with E-state index in [9.17, 15) is 14.4 Å². The first kappa shape index (κ1) is 20.3. The number of carbonyl (C=O) groups is 3. The third-order valence-electron chi connectivity index (χ3n) is 6.57. The summed E-state index contributed by atoms with van der Waals surface area (Å²) in [6.07, 6.45) is 4.54. The number of piperidine rings is 1. The first-order valence-corrected chi connectivity index (χ1v) is 11.1. The second kappa shape index (κ2) is 7.38. The van der Waals surface area contributed by atoms with E-state index in [1.54, 1.807) is 15.6 Å². The zero-order chi connectivity index (χ0) is 23.6. The Kier molecular flexibility index (Phi) is 4.41. The normalized spacial score (nSPS) is 18.0. The highest BCUT2D eigenvalue weighted by Crippen LogP contribution is 2.32. The smallest absolute Gasteiger partial charge is 0.255 e. The van der Waals surface area contributed by atoms with E-state index in [0.717, 1.165) is 39.1 Å². The summed E-state index contributed by atoms with van der Waals surface area (Å²) in [5.74, 6) is -0.0380. The SMILES string of the molecule is Cn1cc2cc(-c3nc(-c4ccc5c(c4)CN(C4CCC(=O)NC4=O)C5=O)cn3C)ccc2n1. The van der Waals surface area contributed by atoms with Crippen molar-refractivity contribution >= 4 is 28.6 Å². The molecule has 2 aliphatic heterocycles. The van der Waals surface area contributed by atoms with Crippen LogP contribution in [0.3, 0.4) is 0 Å². The van der Waals surface area contributed by atoms with Crippen molar-refractivity contribution in [1.29, 1.82) is 0 Å². The zero-order valence-corrected chi connectivity index (χ0v) is 18.8. The number of fused-ring (bicyclic) bond motifs is 2. The lowest BCUT2D eigenvalue weighted by atomic mass is 10.0. The van der Waals surface area contributed by atoms with Crippen molar-refractivity contribution < 1.29 is 14.4 Å². The molecule has 0 spiro atoms. The van der Waals surface area contributed by atoms with Gasteiger partial charge in [-0.05, 0) is 42.3 Å². The second-order valence-electron chi connectivity index (χ2n) is 8.91. The van der Waals surface area contributed by atoms with Crippen LogP contribution in [0.15, 0.2) is 48.8 Å². The predicted octanol–water partition coefficient (Wildman–Crippen LogP) is 2.40. The Morgan fingerprint density at radius 1 is 1.00 bits per heavy atom. The van der Waals surface area contributed by atoms with E-state index in [4.69, 9.17) is 4.98 Å². The molecule has 4 heterocycles. The van der Waals surface area contributed by atoms with Gasteiger partial charge in [0, 0.05) is 61.5 Å². The maximum Gasteiger partial charge on any atom is 0.255 e. The van der Waals surface area contributed by atoms with Crippen molar-refractivity contribution in [2.24, 2.45) is 14.1 Å². The molecule has 9 nitrogen and oxygen atoms in total. The van der Waals surface area contributed by atoms with Gasteiger partial charge in [0.15, 0.2) is 0 Å². The number of hydrogen-bond donors (Lipinski definition) is 1. The van der Waals surface area contributed by atoms with E-state index in [0.29, 0.717) is 18.5 Å². The minimum Gasteiger partial charge on any atom is -0.333 e. The molecule has 0 aliphatic carbocycles. The zero-order valence-electron chi connectivity index (χ0n) is 18.8. The van der Waals surface area contributed by atoms with E-state index in [1.165, 1.54) is 0 Å². The van der Waals surface area contributed by atoms with E-state index in [1.807, 2.05) is 55.3 Å². The third-order valence-corrected chi connectivity index (χ3v) is 6.57. The Hall–Kier alpha value is -4.27. The van der Waals surface area contributed by atoms with Gasteiger partial charge >= 0.3 is 0 Å². The summed E-state index contributed by atoms with van der Waals surface area (Å²) in [5.41, 5.74) is 5.08. The van der Waals surface area contributed by atoms with Crippen molar-refractivity contribution in [3.05, 3.63) is 59.9 Å². The van der Waals surface area contributed by atoms with Gasteiger partial charge in [0.2, 0.25) is 11.8 Å². The van der Waals surface area contributed by atoms with Crippen molar-refractivity contribution in [3.63, 3.8) is 0 Å². The van der Waals surface area contributed by atoms with Gasteiger partial charge in [-0.2, -0.15) is 5.10 Å². The lowest BCUT2D eigenvalue weighted by molar-refractivity contribution is -0.136. The molecule has 3 amide bonds. The fourth-order valence-corrected chi connectivity index (χ4v) is 4.90. The summed E-state index contributed by atoms with van der Waals surface area (Å²) in [6.45, 7) is 0.339. The van der Waals surface area contributed by atoms with Crippen molar-refractivity contribution in [3.8, 4) is 22.6 Å². The molecule has 0 bridgehead atoms. The molecule has 4 aromatic rings. The van der Waals surface area contributed by atoms with Crippen molar-refractivity contribution in [2.75, 3.05) is 0 Å². The Morgan fingerprint density at radius 2 is 1.82 bits per heavy atom. The summed E-state index contributed by atoms with van der Waals surface area (Å²) < 4.78 is 3.78. The van der Waals surface area contributed by atoms with Crippen molar-refractivity contribution in [2.45, 2.75) is 25.4 Å². The van der Waals surface area contributed by atoms with Gasteiger partial charge in [0.1, 0.15) is 11.9 Å². The van der Waals surface area contributed by atoms with E-state index < -0.39 is 11.9 Å². The minimum absolute atomic E-state index is 0.178. The molecule has 2 aromatic heterocycles. The molecule has 170 valence electrons. The van der Waals surface area contributed by atoms with Crippen LogP contribution in [0.4, 0.5) is 0 Å². The molecular formula is C25H22N6O3. The Balaban J connectivity index is 1.30. The average Bonchev–Trinajstić information content (AvgIpc) is 3.47. The maximum atomic E-state index is 13.0. The number of imide groups is 1. The number of hydrogen-bond acceptors (Lipinski definition) is 5. The van der Waals surface area contributed by atoms with Gasteiger partial charge in [-0.1, -0.05) is 6.07 Å². The first-order valence-electron chi connectivity index (χ1n) is 11.1. The molecule has 0 radical (unpaired) electrons. The Labute approximate surface area is 195 Å². The highest BCUT2D eigenvalue weighted by atomic mass is 16.2. The van der Waals surface area contributed by atoms with Crippen LogP contribution in [0.25, 0.3) is 33.5 Å². The van der Waals surface area contributed by atoms with Crippen LogP contribution >= 0.6 is 0 Å². The van der Waals surface area contributed by atoms with Gasteiger partial charge in [-0.15, -0.1) is 0 Å². The van der Waals surface area contributed by atoms with Crippen LogP contribution in [0.1, 0.15) is 28.8 Å². The number of amides is 3. The third kappa shape index (κ3) is 3.20. The Morgan fingerprint density at radius 3 is 2.65 bits per heavy atom. The molecular weight excluding hydrogens is 432 g/mol. The summed E-state index contributed by atoms with van der Waals surface area (Å²) in [6, 6.07) is 11.1. The molecule has 2 aliphatic rings. The molecule has 1 unspecified atom stereocenters. The van der Waals surface area contributed by atoms with Crippen LogP contribution in [0.2, 0.25) is 0 Å². The molecule has 0 saturated carbocycles. The van der Waals surface area contributed by atoms with Gasteiger partial charge in [0.25, 0.3) is 5.91 Å². The maximum absolute atomic E-state index is 13.0. The highest BCUT2D eigenvalue weighted by Gasteiger charge is 2.39. The second-order valence-corrected chi connectivity index (χ2v) is 8.91. The summed E-state index contributed by atoms with van der Waals surface area (Å²) in [7, 11) is 3.86. The first-order chi connectivity index (χ1) is 16.4. The average molecular weight is 454 g/mol. The van der Waals surface area contributed by atoms with Crippen LogP contribution in [0.5, 0.6) is 0 Å². The van der Waals surface area contributed by atoms with Crippen LogP contribution in [0, 0.1) is 0 Å². The van der Waals surface area contributed by atoms with Crippen molar-refractivity contribution in [1.82, 2.24) is 29.5 Å². The molecule has 9 heteroatoms. The molecule has 1 saturated heterocycles. The van der Waals surface area contributed by atoms with Crippen LogP contribution < -0.4 is 5.32 Å². The van der Waals surface area contributed by atoms with E-state index >= 15 is 0 Å². The molecule has 1 atom stereocenters. The minimum atomic E-state index is -0.620. The lowest BCUT2D eigenvalue weighted by Crippen LogP contribution is -2.52. The van der Waals surface area contributed by atoms with Gasteiger partial charge in [-0.3, -0.25) is 24.4 Å². The summed E-state index contributed by atoms with van der Waals surface area (Å²) in [5, 5.41) is 7.82. The fourth-order valence-electron chi connectivity index (χ4n) is 4.90. The van der Waals surface area contributed by atoms with Crippen LogP contribution in [-0.2, 0) is 30.2 Å². The largest absolute Gasteiger partial charge is 0.333 e. The van der Waals surface area contributed by atoms with E-state index in [-0.39, 0.29) is 18.2 Å². The molecule has 1 fully saturated rings. The number of benzene rings is 2. The molecule has 34 heavy (non-hydrogen) atoms. The number of imidazole rings is 1. The monoisotopic (exact) mass is 454 g/mol. The summed E-state index contributed by atoms with van der Waals surface area (Å²) in [4.78, 5) is 43.2. The Bertz CT molecular complexity index is 1510. The number of aromatic nitrogens is 4.